The number of anilines is 3. The van der Waals surface area contributed by atoms with Crippen LogP contribution in [0.3, 0.4) is 0 Å². The molecule has 2 aromatic rings. The lowest BCUT2D eigenvalue weighted by molar-refractivity contribution is 0.0690. The molecule has 0 aliphatic heterocycles. The number of aryl methyl sites for hydroxylation is 1. The molecular weight excluding hydrogens is 256 g/mol. The van der Waals surface area contributed by atoms with Crippen LogP contribution in [-0.4, -0.2) is 16.1 Å². The molecule has 0 spiro atoms. The zero-order chi connectivity index (χ0) is 14.7. The van der Waals surface area contributed by atoms with E-state index in [1.807, 2.05) is 13.0 Å². The predicted octanol–water partition coefficient (Wildman–Crippen LogP) is 2.29. The van der Waals surface area contributed by atoms with E-state index in [-0.39, 0.29) is 11.5 Å². The lowest BCUT2D eigenvalue weighted by atomic mass is 10.1. The fraction of sp³-hybridized carbons (Fsp3) is 0.0714. The maximum absolute atomic E-state index is 10.9. The number of nitriles is 1. The summed E-state index contributed by atoms with van der Waals surface area (Å²) in [7, 11) is 0. The van der Waals surface area contributed by atoms with E-state index < -0.39 is 5.97 Å². The summed E-state index contributed by atoms with van der Waals surface area (Å²) in [6, 6.07) is 10.2. The van der Waals surface area contributed by atoms with Gasteiger partial charge in [-0.3, -0.25) is 0 Å². The van der Waals surface area contributed by atoms with Gasteiger partial charge in [-0.15, -0.1) is 0 Å². The van der Waals surface area contributed by atoms with Crippen LogP contribution in [-0.2, 0) is 0 Å². The van der Waals surface area contributed by atoms with Crippen LogP contribution in [0.4, 0.5) is 17.2 Å². The Morgan fingerprint density at radius 3 is 2.80 bits per heavy atom. The van der Waals surface area contributed by atoms with E-state index in [9.17, 15) is 4.79 Å². The molecule has 6 heteroatoms. The number of benzene rings is 1. The van der Waals surface area contributed by atoms with E-state index in [0.717, 1.165) is 5.56 Å². The molecular formula is C14H12N4O2. The molecule has 2 rings (SSSR count). The number of hydrogen-bond donors (Lipinski definition) is 3. The standard InChI is InChI=1S/C14H12N4O2/c1-8-3-2-4-11(9(8)7-15)17-13-10(16)5-6-12(18-13)14(19)20/h2-6H,16H2,1H3,(H,17,18)(H,19,20). The molecule has 0 saturated carbocycles. The van der Waals surface area contributed by atoms with Crippen LogP contribution in [0.1, 0.15) is 21.6 Å². The van der Waals surface area contributed by atoms with Gasteiger partial charge in [0.15, 0.2) is 11.5 Å². The van der Waals surface area contributed by atoms with E-state index in [0.29, 0.717) is 16.9 Å². The number of rotatable bonds is 3. The number of carboxylic acids is 1. The summed E-state index contributed by atoms with van der Waals surface area (Å²) in [4.78, 5) is 14.8. The Morgan fingerprint density at radius 1 is 1.40 bits per heavy atom. The van der Waals surface area contributed by atoms with Crippen LogP contribution in [0.2, 0.25) is 0 Å². The van der Waals surface area contributed by atoms with Gasteiger partial charge in [-0.2, -0.15) is 5.26 Å². The number of hydrogen-bond acceptors (Lipinski definition) is 5. The fourth-order valence-corrected chi connectivity index (χ4v) is 1.74. The van der Waals surface area contributed by atoms with Gasteiger partial charge in [-0.1, -0.05) is 12.1 Å². The highest BCUT2D eigenvalue weighted by Gasteiger charge is 2.11. The Balaban J connectivity index is 2.45. The maximum atomic E-state index is 10.9. The molecule has 1 aromatic carbocycles. The molecule has 0 unspecified atom stereocenters. The molecule has 100 valence electrons. The van der Waals surface area contributed by atoms with Crippen molar-refractivity contribution in [3.63, 3.8) is 0 Å². The zero-order valence-electron chi connectivity index (χ0n) is 10.7. The molecule has 0 radical (unpaired) electrons. The van der Waals surface area contributed by atoms with Crippen molar-refractivity contribution in [2.24, 2.45) is 0 Å². The fourth-order valence-electron chi connectivity index (χ4n) is 1.74. The Bertz CT molecular complexity index is 720. The number of pyridine rings is 1. The van der Waals surface area contributed by atoms with Crippen molar-refractivity contribution in [2.75, 3.05) is 11.1 Å². The molecule has 0 fully saturated rings. The number of aromatic nitrogens is 1. The van der Waals surface area contributed by atoms with Crippen LogP contribution < -0.4 is 11.1 Å². The van der Waals surface area contributed by atoms with Crippen molar-refractivity contribution in [1.82, 2.24) is 4.98 Å². The van der Waals surface area contributed by atoms with E-state index in [1.165, 1.54) is 12.1 Å². The van der Waals surface area contributed by atoms with Crippen LogP contribution >= 0.6 is 0 Å². The van der Waals surface area contributed by atoms with Gasteiger partial charge in [0.1, 0.15) is 6.07 Å². The quantitative estimate of drug-likeness (QED) is 0.787. The van der Waals surface area contributed by atoms with Gasteiger partial charge in [-0.05, 0) is 30.7 Å². The van der Waals surface area contributed by atoms with Crippen LogP contribution in [0.15, 0.2) is 30.3 Å². The largest absolute Gasteiger partial charge is 0.477 e. The first-order valence-corrected chi connectivity index (χ1v) is 5.79. The summed E-state index contributed by atoms with van der Waals surface area (Å²) in [5, 5.41) is 21.0. The number of aromatic carboxylic acids is 1. The zero-order valence-corrected chi connectivity index (χ0v) is 10.7. The summed E-state index contributed by atoms with van der Waals surface area (Å²) in [6.45, 7) is 1.81. The summed E-state index contributed by atoms with van der Waals surface area (Å²) >= 11 is 0. The van der Waals surface area contributed by atoms with Gasteiger partial charge in [0, 0.05) is 0 Å². The van der Waals surface area contributed by atoms with Gasteiger partial charge < -0.3 is 16.2 Å². The number of nitrogens with one attached hydrogen (secondary N) is 1. The first-order chi connectivity index (χ1) is 9.52. The number of carbonyl (C=O) groups is 1. The minimum Gasteiger partial charge on any atom is -0.477 e. The smallest absolute Gasteiger partial charge is 0.354 e. The third-order valence-electron chi connectivity index (χ3n) is 2.78. The topological polar surface area (TPSA) is 112 Å². The average Bonchev–Trinajstić information content (AvgIpc) is 2.41. The highest BCUT2D eigenvalue weighted by atomic mass is 16.4. The van der Waals surface area contributed by atoms with Gasteiger partial charge in [-0.25, -0.2) is 9.78 Å². The molecule has 0 aliphatic rings. The maximum Gasteiger partial charge on any atom is 0.354 e. The normalized spacial score (nSPS) is 9.80. The highest BCUT2D eigenvalue weighted by Crippen LogP contribution is 2.25. The summed E-state index contributed by atoms with van der Waals surface area (Å²) < 4.78 is 0. The molecule has 1 heterocycles. The second-order valence-electron chi connectivity index (χ2n) is 4.17. The molecule has 0 bridgehead atoms. The van der Waals surface area contributed by atoms with E-state index >= 15 is 0 Å². The lowest BCUT2D eigenvalue weighted by Gasteiger charge is -2.11. The van der Waals surface area contributed by atoms with E-state index in [1.54, 1.807) is 12.1 Å². The van der Waals surface area contributed by atoms with Crippen molar-refractivity contribution in [3.05, 3.63) is 47.2 Å². The molecule has 0 atom stereocenters. The minimum atomic E-state index is -1.14. The SMILES string of the molecule is Cc1cccc(Nc2nc(C(=O)O)ccc2N)c1C#N. The monoisotopic (exact) mass is 268 g/mol. The predicted molar refractivity (Wildman–Crippen MR) is 74.8 cm³/mol. The van der Waals surface area contributed by atoms with Crippen molar-refractivity contribution in [2.45, 2.75) is 6.92 Å². The van der Waals surface area contributed by atoms with Crippen molar-refractivity contribution in [3.8, 4) is 6.07 Å². The number of nitrogens with zero attached hydrogens (tertiary/aromatic N) is 2. The summed E-state index contributed by atoms with van der Waals surface area (Å²) in [5.74, 6) is -0.926. The number of carboxylic acid groups (broad SMARTS) is 1. The van der Waals surface area contributed by atoms with E-state index in [2.05, 4.69) is 16.4 Å². The van der Waals surface area contributed by atoms with Gasteiger partial charge >= 0.3 is 5.97 Å². The third kappa shape index (κ3) is 2.52. The van der Waals surface area contributed by atoms with E-state index in [4.69, 9.17) is 16.1 Å². The van der Waals surface area contributed by atoms with Gasteiger partial charge in [0.05, 0.1) is 16.9 Å². The van der Waals surface area contributed by atoms with Crippen LogP contribution in [0.25, 0.3) is 0 Å². The lowest BCUT2D eigenvalue weighted by Crippen LogP contribution is -2.06. The molecule has 0 aliphatic carbocycles. The average molecular weight is 268 g/mol. The second-order valence-corrected chi connectivity index (χ2v) is 4.17. The number of nitrogens with two attached hydrogens (primary N) is 1. The Kier molecular flexibility index (Phi) is 3.53. The summed E-state index contributed by atoms with van der Waals surface area (Å²) in [5.41, 5.74) is 7.77. The van der Waals surface area contributed by atoms with Gasteiger partial charge in [0.25, 0.3) is 0 Å². The number of nitrogen functional groups attached to an aromatic ring is 1. The van der Waals surface area contributed by atoms with Crippen LogP contribution in [0.5, 0.6) is 0 Å². The molecule has 1 aromatic heterocycles. The molecule has 0 amide bonds. The minimum absolute atomic E-state index is 0.118. The Hall–Kier alpha value is -3.07. The van der Waals surface area contributed by atoms with Crippen molar-refractivity contribution in [1.29, 1.82) is 5.26 Å². The summed E-state index contributed by atoms with van der Waals surface area (Å²) in [6.07, 6.45) is 0. The Labute approximate surface area is 115 Å². The highest BCUT2D eigenvalue weighted by molar-refractivity contribution is 5.87. The van der Waals surface area contributed by atoms with Crippen molar-refractivity contribution >= 4 is 23.2 Å². The van der Waals surface area contributed by atoms with Crippen LogP contribution in [0, 0.1) is 18.3 Å². The third-order valence-corrected chi connectivity index (χ3v) is 2.78. The molecule has 20 heavy (non-hydrogen) atoms. The molecule has 4 N–H and O–H groups in total. The molecule has 6 nitrogen and oxygen atoms in total. The first kappa shape index (κ1) is 13.4. The van der Waals surface area contributed by atoms with Crippen molar-refractivity contribution < 1.29 is 9.90 Å². The van der Waals surface area contributed by atoms with Gasteiger partial charge in [0.2, 0.25) is 0 Å². The second kappa shape index (κ2) is 5.28. The first-order valence-electron chi connectivity index (χ1n) is 5.79. The Morgan fingerprint density at radius 2 is 2.15 bits per heavy atom. The molecule has 0 saturated heterocycles.